The number of aliphatic imine (C=N–C) groups is 1. The van der Waals surface area contributed by atoms with Gasteiger partial charge in [-0.1, -0.05) is 36.4 Å². The number of amides is 1. The first-order chi connectivity index (χ1) is 16.5. The van der Waals surface area contributed by atoms with E-state index in [1.54, 1.807) is 29.2 Å². The minimum absolute atomic E-state index is 0.117. The zero-order valence-corrected chi connectivity index (χ0v) is 18.3. The largest absolute Gasteiger partial charge is 0.370 e. The molecule has 0 spiro atoms. The van der Waals surface area contributed by atoms with E-state index >= 15 is 0 Å². The van der Waals surface area contributed by atoms with Crippen molar-refractivity contribution in [1.29, 1.82) is 5.26 Å². The summed E-state index contributed by atoms with van der Waals surface area (Å²) in [5.74, 6) is -2.08. The molecule has 4 rings (SSSR count). The molecular weight excluding hydrogens is 436 g/mol. The molecule has 0 saturated heterocycles. The second-order valence-corrected chi connectivity index (χ2v) is 7.93. The number of nitrogens with two attached hydrogens (primary N) is 1. The minimum Gasteiger partial charge on any atom is -0.370 e. The number of nitrogens with one attached hydrogen (secondary N) is 1. The molecule has 0 aromatic heterocycles. The molecular formula is C26H23F2N5O. The predicted octanol–water partition coefficient (Wildman–Crippen LogP) is 4.94. The van der Waals surface area contributed by atoms with Crippen molar-refractivity contribution >= 4 is 23.2 Å². The predicted molar refractivity (Wildman–Crippen MR) is 127 cm³/mol. The minimum atomic E-state index is -1.02. The van der Waals surface area contributed by atoms with Crippen LogP contribution in [0.3, 0.4) is 0 Å². The van der Waals surface area contributed by atoms with Crippen molar-refractivity contribution in [1.82, 2.24) is 0 Å². The molecule has 0 radical (unpaired) electrons. The maximum Gasteiger partial charge on any atom is 0.258 e. The van der Waals surface area contributed by atoms with Crippen LogP contribution in [0.15, 0.2) is 71.7 Å². The molecule has 0 fully saturated rings. The molecule has 34 heavy (non-hydrogen) atoms. The van der Waals surface area contributed by atoms with Crippen LogP contribution in [0.25, 0.3) is 0 Å². The average molecular weight is 460 g/mol. The lowest BCUT2D eigenvalue weighted by atomic mass is 10.0. The van der Waals surface area contributed by atoms with Crippen molar-refractivity contribution in [2.24, 2.45) is 10.7 Å². The van der Waals surface area contributed by atoms with Crippen molar-refractivity contribution in [2.45, 2.75) is 25.3 Å². The molecule has 1 aliphatic heterocycles. The number of carbonyl (C=O) groups is 1. The number of aryl methyl sites for hydroxylation is 1. The Morgan fingerprint density at radius 3 is 2.44 bits per heavy atom. The van der Waals surface area contributed by atoms with Gasteiger partial charge in [-0.2, -0.15) is 5.26 Å². The van der Waals surface area contributed by atoms with Gasteiger partial charge in [0.05, 0.1) is 6.07 Å². The van der Waals surface area contributed by atoms with Gasteiger partial charge in [-0.15, -0.1) is 0 Å². The number of para-hydroxylation sites is 2. The molecule has 3 N–H and O–H groups in total. The number of carbonyl (C=O) groups excluding carboxylic acids is 1. The van der Waals surface area contributed by atoms with Gasteiger partial charge in [0.25, 0.3) is 5.91 Å². The van der Waals surface area contributed by atoms with Gasteiger partial charge in [0, 0.05) is 17.8 Å². The van der Waals surface area contributed by atoms with Gasteiger partial charge in [0.2, 0.25) is 0 Å². The van der Waals surface area contributed by atoms with E-state index in [1.807, 2.05) is 30.3 Å². The molecule has 1 heterocycles. The fraction of sp³-hybridized carbons (Fsp3) is 0.192. The van der Waals surface area contributed by atoms with Gasteiger partial charge in [0.15, 0.2) is 12.0 Å². The van der Waals surface area contributed by atoms with E-state index in [0.29, 0.717) is 17.7 Å². The van der Waals surface area contributed by atoms with Crippen LogP contribution in [0, 0.1) is 23.0 Å². The average Bonchev–Trinajstić information content (AvgIpc) is 3.07. The van der Waals surface area contributed by atoms with E-state index in [0.717, 1.165) is 42.6 Å². The number of benzene rings is 3. The molecule has 3 aromatic rings. The van der Waals surface area contributed by atoms with E-state index in [-0.39, 0.29) is 11.9 Å². The van der Waals surface area contributed by atoms with Crippen LogP contribution in [0.5, 0.6) is 0 Å². The second-order valence-electron chi connectivity index (χ2n) is 7.93. The molecule has 6 nitrogen and oxygen atoms in total. The maximum absolute atomic E-state index is 13.8. The SMILES string of the molecule is N#CC(N=C(N)Nc1c(F)cccc1F)c1ccc(C(=O)N2CCCCc3ccccc32)cc1. The number of guanidine groups is 1. The fourth-order valence-electron chi connectivity index (χ4n) is 3.96. The zero-order valence-electron chi connectivity index (χ0n) is 18.3. The highest BCUT2D eigenvalue weighted by Crippen LogP contribution is 2.28. The van der Waals surface area contributed by atoms with E-state index in [9.17, 15) is 18.8 Å². The molecule has 0 bridgehead atoms. The van der Waals surface area contributed by atoms with Gasteiger partial charge < -0.3 is 16.0 Å². The fourth-order valence-corrected chi connectivity index (χ4v) is 3.96. The van der Waals surface area contributed by atoms with Crippen LogP contribution in [0.4, 0.5) is 20.2 Å². The Labute approximate surface area is 196 Å². The lowest BCUT2D eigenvalue weighted by molar-refractivity contribution is 0.0987. The normalized spacial score (nSPS) is 14.5. The van der Waals surface area contributed by atoms with Gasteiger partial charge in [-0.3, -0.25) is 4.79 Å². The van der Waals surface area contributed by atoms with Crippen LogP contribution in [-0.4, -0.2) is 18.4 Å². The standard InChI is InChI=1S/C26H23F2N5O/c27-20-8-5-9-21(28)24(20)32-26(30)31-22(16-29)17-11-13-19(14-12-17)25(34)33-15-4-3-7-18-6-1-2-10-23(18)33/h1-2,5-6,8-14,22H,3-4,7,15H2,(H3,30,31,32). The van der Waals surface area contributed by atoms with Crippen LogP contribution in [-0.2, 0) is 6.42 Å². The van der Waals surface area contributed by atoms with Gasteiger partial charge in [-0.05, 0) is 60.7 Å². The molecule has 1 amide bonds. The number of anilines is 2. The van der Waals surface area contributed by atoms with Crippen molar-refractivity contribution in [3.05, 3.63) is 95.1 Å². The summed E-state index contributed by atoms with van der Waals surface area (Å²) in [5, 5.41) is 11.9. The summed E-state index contributed by atoms with van der Waals surface area (Å²) in [6.45, 7) is 0.636. The third-order valence-corrected chi connectivity index (χ3v) is 5.69. The first kappa shape index (κ1) is 22.9. The van der Waals surface area contributed by atoms with Gasteiger partial charge in [0.1, 0.15) is 17.3 Å². The first-order valence-electron chi connectivity index (χ1n) is 10.9. The number of fused-ring (bicyclic) bond motifs is 1. The molecule has 0 saturated carbocycles. The number of rotatable bonds is 4. The van der Waals surface area contributed by atoms with Gasteiger partial charge >= 0.3 is 0 Å². The summed E-state index contributed by atoms with van der Waals surface area (Å²) >= 11 is 0. The van der Waals surface area contributed by atoms with E-state index < -0.39 is 23.4 Å². The molecule has 1 aliphatic rings. The Morgan fingerprint density at radius 2 is 1.74 bits per heavy atom. The van der Waals surface area contributed by atoms with Crippen molar-refractivity contribution in [2.75, 3.05) is 16.8 Å². The molecule has 3 aromatic carbocycles. The lowest BCUT2D eigenvalue weighted by Gasteiger charge is -2.23. The summed E-state index contributed by atoms with van der Waals surface area (Å²) < 4.78 is 27.7. The second kappa shape index (κ2) is 10.1. The molecule has 1 unspecified atom stereocenters. The maximum atomic E-state index is 13.8. The highest BCUT2D eigenvalue weighted by molar-refractivity contribution is 6.06. The van der Waals surface area contributed by atoms with E-state index in [4.69, 9.17) is 5.73 Å². The quantitative estimate of drug-likeness (QED) is 0.427. The van der Waals surface area contributed by atoms with Crippen molar-refractivity contribution < 1.29 is 13.6 Å². The summed E-state index contributed by atoms with van der Waals surface area (Å²) in [6.07, 6.45) is 2.87. The number of hydrogen-bond acceptors (Lipinski definition) is 3. The highest BCUT2D eigenvalue weighted by atomic mass is 19.1. The van der Waals surface area contributed by atoms with Crippen LogP contribution in [0.2, 0.25) is 0 Å². The summed E-state index contributed by atoms with van der Waals surface area (Å²) in [6, 6.07) is 18.8. The number of halogens is 2. The third kappa shape index (κ3) is 4.89. The topological polar surface area (TPSA) is 94.5 Å². The summed E-state index contributed by atoms with van der Waals surface area (Å²) in [7, 11) is 0. The Kier molecular flexibility index (Phi) is 6.83. The Morgan fingerprint density at radius 1 is 1.03 bits per heavy atom. The molecule has 1 atom stereocenters. The van der Waals surface area contributed by atoms with Gasteiger partial charge in [-0.25, -0.2) is 13.8 Å². The first-order valence-corrected chi connectivity index (χ1v) is 10.9. The van der Waals surface area contributed by atoms with Crippen molar-refractivity contribution in [3.8, 4) is 6.07 Å². The van der Waals surface area contributed by atoms with Crippen LogP contribution in [0.1, 0.15) is 40.4 Å². The zero-order chi connectivity index (χ0) is 24.1. The number of hydrogen-bond donors (Lipinski definition) is 2. The highest BCUT2D eigenvalue weighted by Gasteiger charge is 2.22. The summed E-state index contributed by atoms with van der Waals surface area (Å²) in [4.78, 5) is 19.1. The van der Waals surface area contributed by atoms with Crippen LogP contribution < -0.4 is 16.0 Å². The molecule has 0 aliphatic carbocycles. The number of nitrogens with zero attached hydrogens (tertiary/aromatic N) is 3. The van der Waals surface area contributed by atoms with Crippen molar-refractivity contribution in [3.63, 3.8) is 0 Å². The smallest absolute Gasteiger partial charge is 0.258 e. The van der Waals surface area contributed by atoms with Crippen LogP contribution >= 0.6 is 0 Å². The van der Waals surface area contributed by atoms with E-state index in [2.05, 4.69) is 10.3 Å². The Bertz CT molecular complexity index is 1250. The van der Waals surface area contributed by atoms with E-state index in [1.165, 1.54) is 6.07 Å². The monoisotopic (exact) mass is 459 g/mol. The molecule has 172 valence electrons. The number of nitriles is 1. The molecule has 8 heteroatoms. The lowest BCUT2D eigenvalue weighted by Crippen LogP contribution is -2.31. The Balaban J connectivity index is 1.53. The summed E-state index contributed by atoms with van der Waals surface area (Å²) in [5.41, 5.74) is 8.40. The third-order valence-electron chi connectivity index (χ3n) is 5.69. The Hall–Kier alpha value is -4.25.